The van der Waals surface area contributed by atoms with Crippen molar-refractivity contribution in [3.8, 4) is 0 Å². The molecule has 4 aromatic heterocycles. The number of nitrogens with one attached hydrogen (secondary N) is 1. The molecule has 7 rings (SSSR count). The Bertz CT molecular complexity index is 1980. The van der Waals surface area contributed by atoms with Gasteiger partial charge < -0.3 is 30.4 Å². The summed E-state index contributed by atoms with van der Waals surface area (Å²) in [6.07, 6.45) is -4.01. The van der Waals surface area contributed by atoms with E-state index in [2.05, 4.69) is 42.2 Å². The van der Waals surface area contributed by atoms with Crippen LogP contribution in [0.25, 0.3) is 22.3 Å². The fourth-order valence-corrected chi connectivity index (χ4v) is 8.76. The molecule has 0 amide bonds. The molecule has 0 bridgehead atoms. The summed E-state index contributed by atoms with van der Waals surface area (Å²) in [6.45, 7) is -7.63. The number of nitrogens with two attached hydrogens (primary N) is 2. The van der Waals surface area contributed by atoms with Crippen LogP contribution in [0.2, 0.25) is 0 Å². The van der Waals surface area contributed by atoms with E-state index < -0.39 is 74.8 Å². The van der Waals surface area contributed by atoms with Crippen LogP contribution in [-0.2, 0) is 43.9 Å². The summed E-state index contributed by atoms with van der Waals surface area (Å²) < 4.78 is 67.8. The van der Waals surface area contributed by atoms with Crippen LogP contribution in [0.5, 0.6) is 0 Å². The zero-order valence-corrected chi connectivity index (χ0v) is 27.2. The fourth-order valence-electron chi connectivity index (χ4n) is 5.76. The molecule has 248 valence electrons. The fraction of sp³-hybridized carbons (Fsp3) is 0.545. The Morgan fingerprint density at radius 2 is 1.93 bits per heavy atom. The summed E-state index contributed by atoms with van der Waals surface area (Å²) in [7, 11) is 0. The SMILES string of the molecule is CC[C@@]12COP(O)(=S)O[C@@H]3C(COP(=O)(S)O[C@H]1C[C@H](n1cnc4c(N)ncnc41)O2)O[C@@H](n1cnc2c(=O)[nH]c(N)nc21)[C@@H]3F. The van der Waals surface area contributed by atoms with Gasteiger partial charge in [0.05, 0.1) is 25.9 Å². The lowest BCUT2D eigenvalue weighted by molar-refractivity contribution is -0.124. The molecule has 0 saturated carbocycles. The van der Waals surface area contributed by atoms with Gasteiger partial charge in [0.2, 0.25) is 5.95 Å². The second-order valence-electron chi connectivity index (χ2n) is 10.8. The van der Waals surface area contributed by atoms with Gasteiger partial charge in [0.1, 0.15) is 42.0 Å². The Kier molecular flexibility index (Phi) is 8.00. The van der Waals surface area contributed by atoms with E-state index in [-0.39, 0.29) is 35.8 Å². The minimum atomic E-state index is -4.21. The molecule has 19 nitrogen and oxygen atoms in total. The first-order chi connectivity index (χ1) is 21.8. The Balaban J connectivity index is 1.19. The average molecular weight is 721 g/mol. The molecule has 24 heteroatoms. The van der Waals surface area contributed by atoms with Gasteiger partial charge in [-0.15, -0.1) is 0 Å². The van der Waals surface area contributed by atoms with E-state index in [0.29, 0.717) is 11.2 Å². The highest BCUT2D eigenvalue weighted by atomic mass is 32.7. The molecular weight excluding hydrogens is 693 g/mol. The molecule has 46 heavy (non-hydrogen) atoms. The molecular formula is C22H27FN10O9P2S2. The molecule has 3 saturated heterocycles. The maximum absolute atomic E-state index is 16.1. The zero-order valence-electron chi connectivity index (χ0n) is 23.7. The first kappa shape index (κ1) is 32.0. The van der Waals surface area contributed by atoms with E-state index in [1.54, 1.807) is 11.5 Å². The molecule has 0 spiro atoms. The first-order valence-corrected chi connectivity index (χ1v) is 19.0. The van der Waals surface area contributed by atoms with Gasteiger partial charge in [-0.25, -0.2) is 28.9 Å². The monoisotopic (exact) mass is 720 g/mol. The Morgan fingerprint density at radius 3 is 2.72 bits per heavy atom. The number of anilines is 2. The van der Waals surface area contributed by atoms with Crippen molar-refractivity contribution < 1.29 is 41.4 Å². The van der Waals surface area contributed by atoms with Crippen molar-refractivity contribution in [2.45, 2.75) is 62.3 Å². The maximum Gasteiger partial charge on any atom is 0.386 e. The van der Waals surface area contributed by atoms with Crippen molar-refractivity contribution in [1.82, 2.24) is 39.0 Å². The van der Waals surface area contributed by atoms with Crippen molar-refractivity contribution in [1.29, 1.82) is 0 Å². The number of halogens is 1. The number of imidazole rings is 2. The van der Waals surface area contributed by atoms with Crippen LogP contribution >= 0.6 is 25.8 Å². The number of rotatable bonds is 3. The highest BCUT2D eigenvalue weighted by Gasteiger charge is 2.55. The molecule has 7 heterocycles. The van der Waals surface area contributed by atoms with Crippen LogP contribution in [-0.4, -0.2) is 87.2 Å². The van der Waals surface area contributed by atoms with Crippen LogP contribution in [0.3, 0.4) is 0 Å². The quantitative estimate of drug-likeness (QED) is 0.148. The second-order valence-corrected chi connectivity index (χ2v) is 16.4. The van der Waals surface area contributed by atoms with Crippen molar-refractivity contribution in [3.63, 3.8) is 0 Å². The molecule has 0 aliphatic carbocycles. The molecule has 0 radical (unpaired) electrons. The molecule has 3 aliphatic heterocycles. The summed E-state index contributed by atoms with van der Waals surface area (Å²) in [5.74, 6) is -0.0644. The Labute approximate surface area is 268 Å². The molecule has 0 aromatic carbocycles. The topological polar surface area (TPSA) is 252 Å². The number of thiol groups is 1. The van der Waals surface area contributed by atoms with Gasteiger partial charge in [0, 0.05) is 6.42 Å². The third-order valence-corrected chi connectivity index (χ3v) is 11.2. The molecule has 6 N–H and O–H groups in total. The van der Waals surface area contributed by atoms with Crippen molar-refractivity contribution in [2.75, 3.05) is 24.7 Å². The minimum Gasteiger partial charge on any atom is -0.382 e. The van der Waals surface area contributed by atoms with Crippen LogP contribution in [0.4, 0.5) is 16.2 Å². The number of H-pyrrole nitrogens is 1. The molecule has 3 unspecified atom stereocenters. The van der Waals surface area contributed by atoms with E-state index in [1.807, 2.05) is 0 Å². The van der Waals surface area contributed by atoms with E-state index in [9.17, 15) is 14.3 Å². The lowest BCUT2D eigenvalue weighted by Gasteiger charge is -2.36. The number of ether oxygens (including phenoxy) is 2. The van der Waals surface area contributed by atoms with Gasteiger partial charge in [0.25, 0.3) is 5.56 Å². The summed E-state index contributed by atoms with van der Waals surface area (Å²) in [5.41, 5.74) is 10.1. The number of nitrogen functional groups attached to an aromatic ring is 2. The van der Waals surface area contributed by atoms with E-state index in [1.165, 1.54) is 12.7 Å². The van der Waals surface area contributed by atoms with Gasteiger partial charge in [0.15, 0.2) is 35.0 Å². The van der Waals surface area contributed by atoms with Gasteiger partial charge >= 0.3 is 13.5 Å². The van der Waals surface area contributed by atoms with Crippen molar-refractivity contribution in [2.24, 2.45) is 0 Å². The second kappa shape index (κ2) is 11.5. The average Bonchev–Trinajstić information content (AvgIpc) is 3.76. The number of alkyl halides is 1. The highest BCUT2D eigenvalue weighted by molar-refractivity contribution is 8.44. The summed E-state index contributed by atoms with van der Waals surface area (Å²) in [4.78, 5) is 46.2. The zero-order chi connectivity index (χ0) is 32.6. The highest BCUT2D eigenvalue weighted by Crippen LogP contribution is 2.60. The number of fused-ring (bicyclic) bond motifs is 4. The van der Waals surface area contributed by atoms with E-state index in [0.717, 1.165) is 10.9 Å². The molecule has 9 atom stereocenters. The number of hydrogen-bond donors (Lipinski definition) is 5. The third kappa shape index (κ3) is 5.54. The van der Waals surface area contributed by atoms with Crippen LogP contribution in [0.15, 0.2) is 23.8 Å². The molecule has 3 aliphatic rings. The van der Waals surface area contributed by atoms with Gasteiger partial charge in [-0.1, -0.05) is 19.2 Å². The van der Waals surface area contributed by atoms with Gasteiger partial charge in [-0.2, -0.15) is 4.98 Å². The number of aromatic amines is 1. The van der Waals surface area contributed by atoms with Crippen LogP contribution in [0, 0.1) is 0 Å². The van der Waals surface area contributed by atoms with E-state index >= 15 is 4.39 Å². The first-order valence-electron chi connectivity index (χ1n) is 13.7. The maximum atomic E-state index is 16.1. The largest absolute Gasteiger partial charge is 0.386 e. The van der Waals surface area contributed by atoms with Gasteiger partial charge in [-0.05, 0) is 18.2 Å². The third-order valence-electron chi connectivity index (χ3n) is 8.05. The summed E-state index contributed by atoms with van der Waals surface area (Å²) in [6, 6.07) is 0. The Hall–Kier alpha value is -2.62. The van der Waals surface area contributed by atoms with Crippen LogP contribution < -0.4 is 17.0 Å². The molecule has 3 fully saturated rings. The number of nitrogens with zero attached hydrogens (tertiary/aromatic N) is 7. The predicted molar refractivity (Wildman–Crippen MR) is 164 cm³/mol. The summed E-state index contributed by atoms with van der Waals surface area (Å²) in [5, 5.41) is 0. The minimum absolute atomic E-state index is 0.0701. The van der Waals surface area contributed by atoms with E-state index in [4.69, 9.17) is 50.8 Å². The van der Waals surface area contributed by atoms with Crippen LogP contribution in [0.1, 0.15) is 32.2 Å². The standard InChI is InChI=1S/C22H27FN10O9P2S2/c1-2-22-5-38-44(36,46)42-15-9(39-20(12(15)23)33-8-29-14-18(33)30-21(25)31-19(14)34)4-37-43(35,45)41-10(22)3-11(40-22)32-7-28-13-16(24)26-6-27-17(13)32/h6-12,15,20H,2-5H2,1H3,(H,35,45)(H,36,46)(H2,24,26,27)(H3,25,30,31,34)/t9?,10-,11+,12+,15+,20+,22+,43?,44?/m0/s1. The molecule has 4 aromatic rings. The van der Waals surface area contributed by atoms with Crippen molar-refractivity contribution in [3.05, 3.63) is 29.3 Å². The summed E-state index contributed by atoms with van der Waals surface area (Å²) >= 11 is 9.48. The normalized spacial score (nSPS) is 37.1. The number of hydrogen-bond acceptors (Lipinski definition) is 16. The van der Waals surface area contributed by atoms with Gasteiger partial charge in [-0.3, -0.25) is 32.5 Å². The lowest BCUT2D eigenvalue weighted by atomic mass is 9.95. The lowest BCUT2D eigenvalue weighted by Crippen LogP contribution is -2.45. The Morgan fingerprint density at radius 1 is 1.17 bits per heavy atom. The van der Waals surface area contributed by atoms with Crippen molar-refractivity contribution >= 4 is 71.7 Å². The number of aromatic nitrogens is 8. The smallest absolute Gasteiger partial charge is 0.382 e. The predicted octanol–water partition coefficient (Wildman–Crippen LogP) is 1.50.